The van der Waals surface area contributed by atoms with E-state index in [9.17, 15) is 4.79 Å². The van der Waals surface area contributed by atoms with E-state index in [0.717, 1.165) is 29.0 Å². The van der Waals surface area contributed by atoms with Gasteiger partial charge in [0.2, 0.25) is 5.91 Å². The molecule has 144 valence electrons. The molecule has 0 fully saturated rings. The summed E-state index contributed by atoms with van der Waals surface area (Å²) in [5.41, 5.74) is 1.97. The summed E-state index contributed by atoms with van der Waals surface area (Å²) >= 11 is 0. The van der Waals surface area contributed by atoms with Gasteiger partial charge in [-0.25, -0.2) is 0 Å². The molecule has 0 saturated heterocycles. The van der Waals surface area contributed by atoms with Crippen molar-refractivity contribution in [1.29, 1.82) is 0 Å². The molecule has 0 bridgehead atoms. The molecule has 1 N–H and O–H groups in total. The molecule has 1 amide bonds. The van der Waals surface area contributed by atoms with Gasteiger partial charge in [-0.15, -0.1) is 0 Å². The molecule has 0 heterocycles. The highest BCUT2D eigenvalue weighted by Crippen LogP contribution is 2.24. The maximum atomic E-state index is 12.9. The summed E-state index contributed by atoms with van der Waals surface area (Å²) in [6.07, 6.45) is 0.730. The van der Waals surface area contributed by atoms with Gasteiger partial charge in [-0.1, -0.05) is 60.7 Å². The number of hydrogen-bond acceptors (Lipinski definition) is 3. The Labute approximate surface area is 166 Å². The van der Waals surface area contributed by atoms with Crippen LogP contribution in [-0.4, -0.2) is 26.2 Å². The molecular formula is C24H25NO3. The highest BCUT2D eigenvalue weighted by Gasteiger charge is 2.21. The van der Waals surface area contributed by atoms with Crippen molar-refractivity contribution in [3.63, 3.8) is 0 Å². The van der Waals surface area contributed by atoms with Gasteiger partial charge in [0.25, 0.3) is 0 Å². The van der Waals surface area contributed by atoms with E-state index in [1.54, 1.807) is 7.11 Å². The predicted molar refractivity (Wildman–Crippen MR) is 111 cm³/mol. The van der Waals surface area contributed by atoms with Gasteiger partial charge in [0.1, 0.15) is 11.5 Å². The van der Waals surface area contributed by atoms with E-state index in [4.69, 9.17) is 9.47 Å². The number of rotatable bonds is 9. The Kier molecular flexibility index (Phi) is 7.08. The first-order chi connectivity index (χ1) is 13.8. The second-order valence-electron chi connectivity index (χ2n) is 6.42. The van der Waals surface area contributed by atoms with E-state index in [1.165, 1.54) is 0 Å². The topological polar surface area (TPSA) is 47.6 Å². The van der Waals surface area contributed by atoms with Crippen LogP contribution in [-0.2, 0) is 4.79 Å². The van der Waals surface area contributed by atoms with Crippen LogP contribution < -0.4 is 14.8 Å². The third-order valence-corrected chi connectivity index (χ3v) is 4.48. The minimum atomic E-state index is -0.315. The number of benzene rings is 3. The Morgan fingerprint density at radius 3 is 1.89 bits per heavy atom. The predicted octanol–water partition coefficient (Wildman–Crippen LogP) is 4.41. The van der Waals surface area contributed by atoms with E-state index in [-0.39, 0.29) is 11.8 Å². The van der Waals surface area contributed by atoms with Gasteiger partial charge in [-0.3, -0.25) is 4.79 Å². The molecule has 3 aromatic carbocycles. The molecule has 0 aliphatic heterocycles. The van der Waals surface area contributed by atoms with Crippen molar-refractivity contribution < 1.29 is 14.3 Å². The summed E-state index contributed by atoms with van der Waals surface area (Å²) in [7, 11) is 1.64. The lowest BCUT2D eigenvalue weighted by molar-refractivity contribution is -0.121. The summed E-state index contributed by atoms with van der Waals surface area (Å²) in [6, 6.07) is 27.2. The Morgan fingerprint density at radius 1 is 0.821 bits per heavy atom. The minimum Gasteiger partial charge on any atom is -0.497 e. The van der Waals surface area contributed by atoms with E-state index < -0.39 is 0 Å². The molecule has 0 aromatic heterocycles. The number of nitrogens with one attached hydrogen (secondary N) is 1. The summed E-state index contributed by atoms with van der Waals surface area (Å²) < 4.78 is 10.8. The van der Waals surface area contributed by atoms with Gasteiger partial charge in [-0.2, -0.15) is 0 Å². The number of ether oxygens (including phenoxy) is 2. The normalized spacial score (nSPS) is 10.5. The zero-order valence-corrected chi connectivity index (χ0v) is 16.0. The molecule has 3 aromatic rings. The quantitative estimate of drug-likeness (QED) is 0.564. The average Bonchev–Trinajstić information content (AvgIpc) is 2.76. The Morgan fingerprint density at radius 2 is 1.36 bits per heavy atom. The molecule has 0 radical (unpaired) electrons. The summed E-state index contributed by atoms with van der Waals surface area (Å²) in [4.78, 5) is 12.9. The maximum absolute atomic E-state index is 12.9. The van der Waals surface area contributed by atoms with Gasteiger partial charge in [0, 0.05) is 6.54 Å². The van der Waals surface area contributed by atoms with Crippen LogP contribution >= 0.6 is 0 Å². The molecule has 3 rings (SSSR count). The SMILES string of the molecule is COc1ccc(OCCCNC(=O)C(c2ccccc2)c2ccccc2)cc1. The number of hydrogen-bond donors (Lipinski definition) is 1. The summed E-state index contributed by atoms with van der Waals surface area (Å²) in [6.45, 7) is 1.10. The highest BCUT2D eigenvalue weighted by molar-refractivity contribution is 5.87. The minimum absolute atomic E-state index is 0.00171. The van der Waals surface area contributed by atoms with Crippen LogP contribution in [0.1, 0.15) is 23.5 Å². The number of carbonyl (C=O) groups is 1. The summed E-state index contributed by atoms with van der Waals surface area (Å²) in [5.74, 6) is 1.28. The molecule has 0 aliphatic carbocycles. The first-order valence-electron chi connectivity index (χ1n) is 9.42. The van der Waals surface area contributed by atoms with Gasteiger partial charge in [-0.05, 0) is 41.8 Å². The zero-order valence-electron chi connectivity index (χ0n) is 16.0. The Hall–Kier alpha value is -3.27. The van der Waals surface area contributed by atoms with Gasteiger partial charge in [0.05, 0.1) is 19.6 Å². The van der Waals surface area contributed by atoms with Crippen molar-refractivity contribution in [2.75, 3.05) is 20.3 Å². The van der Waals surface area contributed by atoms with Crippen LogP contribution in [0.3, 0.4) is 0 Å². The first kappa shape index (κ1) is 19.5. The van der Waals surface area contributed by atoms with Crippen molar-refractivity contribution in [3.8, 4) is 11.5 Å². The molecule has 4 heteroatoms. The maximum Gasteiger partial charge on any atom is 0.232 e. The molecule has 0 unspecified atom stereocenters. The average molecular weight is 375 g/mol. The fourth-order valence-corrected chi connectivity index (χ4v) is 3.03. The molecule has 0 saturated carbocycles. The van der Waals surface area contributed by atoms with Crippen LogP contribution in [0.2, 0.25) is 0 Å². The molecule has 4 nitrogen and oxygen atoms in total. The molecular weight excluding hydrogens is 350 g/mol. The van der Waals surface area contributed by atoms with Crippen LogP contribution in [0.5, 0.6) is 11.5 Å². The third kappa shape index (κ3) is 5.36. The number of amides is 1. The lowest BCUT2D eigenvalue weighted by Crippen LogP contribution is -2.31. The van der Waals surface area contributed by atoms with Crippen molar-refractivity contribution in [1.82, 2.24) is 5.32 Å². The largest absolute Gasteiger partial charge is 0.497 e. The van der Waals surface area contributed by atoms with E-state index in [2.05, 4.69) is 5.32 Å². The van der Waals surface area contributed by atoms with Crippen LogP contribution in [0.4, 0.5) is 0 Å². The monoisotopic (exact) mass is 375 g/mol. The fraction of sp³-hybridized carbons (Fsp3) is 0.208. The smallest absolute Gasteiger partial charge is 0.232 e. The van der Waals surface area contributed by atoms with E-state index in [1.807, 2.05) is 84.9 Å². The van der Waals surface area contributed by atoms with Crippen LogP contribution in [0, 0.1) is 0 Å². The second-order valence-corrected chi connectivity index (χ2v) is 6.42. The molecule has 0 atom stereocenters. The van der Waals surface area contributed by atoms with E-state index in [0.29, 0.717) is 13.2 Å². The van der Waals surface area contributed by atoms with Crippen molar-refractivity contribution in [3.05, 3.63) is 96.1 Å². The van der Waals surface area contributed by atoms with Crippen molar-refractivity contribution >= 4 is 5.91 Å². The van der Waals surface area contributed by atoms with Crippen molar-refractivity contribution in [2.45, 2.75) is 12.3 Å². The third-order valence-electron chi connectivity index (χ3n) is 4.48. The van der Waals surface area contributed by atoms with Crippen LogP contribution in [0.15, 0.2) is 84.9 Å². The van der Waals surface area contributed by atoms with Gasteiger partial charge >= 0.3 is 0 Å². The standard InChI is InChI=1S/C24H25NO3/c1-27-21-13-15-22(16-14-21)28-18-8-17-25-24(26)23(19-9-4-2-5-10-19)20-11-6-3-7-12-20/h2-7,9-16,23H,8,17-18H2,1H3,(H,25,26). The molecule has 0 aliphatic rings. The highest BCUT2D eigenvalue weighted by atomic mass is 16.5. The van der Waals surface area contributed by atoms with E-state index >= 15 is 0 Å². The summed E-state index contributed by atoms with van der Waals surface area (Å²) in [5, 5.41) is 3.05. The lowest BCUT2D eigenvalue weighted by Gasteiger charge is -2.18. The second kappa shape index (κ2) is 10.2. The molecule has 28 heavy (non-hydrogen) atoms. The Bertz CT molecular complexity index is 809. The van der Waals surface area contributed by atoms with Gasteiger partial charge in [0.15, 0.2) is 0 Å². The van der Waals surface area contributed by atoms with Gasteiger partial charge < -0.3 is 14.8 Å². The fourth-order valence-electron chi connectivity index (χ4n) is 3.03. The Balaban J connectivity index is 1.52. The number of methoxy groups -OCH3 is 1. The lowest BCUT2D eigenvalue weighted by atomic mass is 9.90. The zero-order chi connectivity index (χ0) is 19.6. The first-order valence-corrected chi connectivity index (χ1v) is 9.42. The molecule has 0 spiro atoms. The van der Waals surface area contributed by atoms with Crippen LogP contribution in [0.25, 0.3) is 0 Å². The number of carbonyl (C=O) groups excluding carboxylic acids is 1. The van der Waals surface area contributed by atoms with Crippen molar-refractivity contribution in [2.24, 2.45) is 0 Å².